The van der Waals surface area contributed by atoms with Gasteiger partial charge in [-0.3, -0.25) is 9.69 Å². The molecule has 0 radical (unpaired) electrons. The fraction of sp³-hybridized carbons (Fsp3) is 0.923. The molecule has 0 aromatic rings. The van der Waals surface area contributed by atoms with Crippen molar-refractivity contribution in [2.45, 2.75) is 51.5 Å². The van der Waals surface area contributed by atoms with Crippen molar-refractivity contribution in [2.24, 2.45) is 0 Å². The molecular weight excluding hydrogens is 202 g/mol. The summed E-state index contributed by atoms with van der Waals surface area (Å²) < 4.78 is 5.05. The third-order valence-corrected chi connectivity index (χ3v) is 3.32. The fourth-order valence-corrected chi connectivity index (χ4v) is 2.48. The highest BCUT2D eigenvalue weighted by molar-refractivity contribution is 5.76. The normalized spacial score (nSPS) is 22.2. The summed E-state index contributed by atoms with van der Waals surface area (Å²) in [5, 5.41) is 0. The smallest absolute Gasteiger partial charge is 0.131 e. The SMILES string of the molecule is COCCCCN1CCCCC1CC(C)=O. The maximum absolute atomic E-state index is 11.2. The molecule has 1 rings (SSSR count). The second-order valence-corrected chi connectivity index (χ2v) is 4.79. The van der Waals surface area contributed by atoms with Gasteiger partial charge in [-0.05, 0) is 45.7 Å². The summed E-state index contributed by atoms with van der Waals surface area (Å²) in [6.45, 7) is 4.86. The first-order valence-electron chi connectivity index (χ1n) is 6.46. The Balaban J connectivity index is 2.26. The number of ketones is 1. The Bertz CT molecular complexity index is 206. The highest BCUT2D eigenvalue weighted by atomic mass is 16.5. The van der Waals surface area contributed by atoms with Crippen LogP contribution in [0.5, 0.6) is 0 Å². The first-order chi connectivity index (χ1) is 7.74. The number of nitrogens with zero attached hydrogens (tertiary/aromatic N) is 1. The monoisotopic (exact) mass is 227 g/mol. The Labute approximate surface area is 99.1 Å². The zero-order valence-corrected chi connectivity index (χ0v) is 10.7. The van der Waals surface area contributed by atoms with E-state index in [0.717, 1.165) is 26.0 Å². The molecule has 0 amide bonds. The molecule has 3 heteroatoms. The highest BCUT2D eigenvalue weighted by Gasteiger charge is 2.22. The summed E-state index contributed by atoms with van der Waals surface area (Å²) >= 11 is 0. The number of hydrogen-bond acceptors (Lipinski definition) is 3. The topological polar surface area (TPSA) is 29.5 Å². The average molecular weight is 227 g/mol. The Morgan fingerprint density at radius 1 is 1.38 bits per heavy atom. The lowest BCUT2D eigenvalue weighted by Crippen LogP contribution is -2.41. The molecule has 0 aromatic heterocycles. The number of piperidine rings is 1. The van der Waals surface area contributed by atoms with E-state index in [1.807, 2.05) is 0 Å². The van der Waals surface area contributed by atoms with Gasteiger partial charge in [0.2, 0.25) is 0 Å². The van der Waals surface area contributed by atoms with E-state index in [4.69, 9.17) is 4.74 Å². The number of carbonyl (C=O) groups is 1. The first kappa shape index (κ1) is 13.7. The van der Waals surface area contributed by atoms with Crippen molar-refractivity contribution in [3.05, 3.63) is 0 Å². The first-order valence-corrected chi connectivity index (χ1v) is 6.46. The van der Waals surface area contributed by atoms with Crippen molar-refractivity contribution < 1.29 is 9.53 Å². The van der Waals surface area contributed by atoms with E-state index in [0.29, 0.717) is 11.8 Å². The van der Waals surface area contributed by atoms with Crippen LogP contribution in [-0.4, -0.2) is 43.5 Å². The molecule has 0 bridgehead atoms. The Morgan fingerprint density at radius 3 is 2.88 bits per heavy atom. The second-order valence-electron chi connectivity index (χ2n) is 4.79. The van der Waals surface area contributed by atoms with Crippen LogP contribution >= 0.6 is 0 Å². The van der Waals surface area contributed by atoms with Crippen molar-refractivity contribution in [3.63, 3.8) is 0 Å². The van der Waals surface area contributed by atoms with Gasteiger partial charge in [-0.1, -0.05) is 6.42 Å². The van der Waals surface area contributed by atoms with E-state index < -0.39 is 0 Å². The Hall–Kier alpha value is -0.410. The van der Waals surface area contributed by atoms with Crippen LogP contribution in [0.2, 0.25) is 0 Å². The summed E-state index contributed by atoms with van der Waals surface area (Å²) in [4.78, 5) is 13.7. The number of hydrogen-bond donors (Lipinski definition) is 0. The van der Waals surface area contributed by atoms with Crippen LogP contribution < -0.4 is 0 Å². The van der Waals surface area contributed by atoms with Crippen LogP contribution in [0.25, 0.3) is 0 Å². The summed E-state index contributed by atoms with van der Waals surface area (Å²) in [5.74, 6) is 0.328. The van der Waals surface area contributed by atoms with Crippen molar-refractivity contribution in [3.8, 4) is 0 Å². The third kappa shape index (κ3) is 5.08. The van der Waals surface area contributed by atoms with E-state index >= 15 is 0 Å². The Morgan fingerprint density at radius 2 is 2.19 bits per heavy atom. The molecule has 0 spiro atoms. The second kappa shape index (κ2) is 7.80. The van der Waals surface area contributed by atoms with E-state index in [-0.39, 0.29) is 0 Å². The molecule has 0 N–H and O–H groups in total. The molecule has 1 heterocycles. The zero-order valence-electron chi connectivity index (χ0n) is 10.7. The van der Waals surface area contributed by atoms with Crippen molar-refractivity contribution in [1.29, 1.82) is 0 Å². The van der Waals surface area contributed by atoms with Gasteiger partial charge >= 0.3 is 0 Å². The quantitative estimate of drug-likeness (QED) is 0.625. The number of Topliss-reactive ketones (excluding diaryl/α,β-unsaturated/α-hetero) is 1. The predicted octanol–water partition coefficient (Wildman–Crippen LogP) is 2.25. The summed E-state index contributed by atoms with van der Waals surface area (Å²) in [6, 6.07) is 0.508. The van der Waals surface area contributed by atoms with Crippen LogP contribution in [-0.2, 0) is 9.53 Å². The fourth-order valence-electron chi connectivity index (χ4n) is 2.48. The molecule has 94 valence electrons. The minimum absolute atomic E-state index is 0.328. The van der Waals surface area contributed by atoms with E-state index in [1.165, 1.54) is 32.2 Å². The van der Waals surface area contributed by atoms with Gasteiger partial charge < -0.3 is 4.74 Å². The molecule has 1 fully saturated rings. The molecule has 16 heavy (non-hydrogen) atoms. The van der Waals surface area contributed by atoms with Crippen LogP contribution in [0, 0.1) is 0 Å². The third-order valence-electron chi connectivity index (χ3n) is 3.32. The standard InChI is InChI=1S/C13H25NO2/c1-12(15)11-13-7-3-4-8-14(13)9-5-6-10-16-2/h13H,3-11H2,1-2H3. The molecule has 1 unspecified atom stereocenters. The van der Waals surface area contributed by atoms with Gasteiger partial charge in [0.15, 0.2) is 0 Å². The maximum atomic E-state index is 11.2. The molecule has 1 aliphatic rings. The average Bonchev–Trinajstić information content (AvgIpc) is 2.26. The zero-order chi connectivity index (χ0) is 11.8. The van der Waals surface area contributed by atoms with Gasteiger partial charge in [0.05, 0.1) is 0 Å². The van der Waals surface area contributed by atoms with E-state index in [1.54, 1.807) is 14.0 Å². The van der Waals surface area contributed by atoms with Gasteiger partial charge in [0, 0.05) is 26.2 Å². The highest BCUT2D eigenvalue weighted by Crippen LogP contribution is 2.20. The molecule has 1 saturated heterocycles. The van der Waals surface area contributed by atoms with Gasteiger partial charge in [-0.25, -0.2) is 0 Å². The number of unbranched alkanes of at least 4 members (excludes halogenated alkanes) is 1. The largest absolute Gasteiger partial charge is 0.385 e. The predicted molar refractivity (Wildman–Crippen MR) is 65.6 cm³/mol. The van der Waals surface area contributed by atoms with Crippen molar-refractivity contribution >= 4 is 5.78 Å². The van der Waals surface area contributed by atoms with Crippen LogP contribution in [0.1, 0.15) is 45.4 Å². The summed E-state index contributed by atoms with van der Waals surface area (Å²) in [5.41, 5.74) is 0. The van der Waals surface area contributed by atoms with Crippen LogP contribution in [0.15, 0.2) is 0 Å². The Kier molecular flexibility index (Phi) is 6.65. The number of methoxy groups -OCH3 is 1. The number of rotatable bonds is 7. The van der Waals surface area contributed by atoms with Gasteiger partial charge in [0.1, 0.15) is 5.78 Å². The minimum Gasteiger partial charge on any atom is -0.385 e. The number of ether oxygens (including phenoxy) is 1. The van der Waals surface area contributed by atoms with E-state index in [2.05, 4.69) is 4.90 Å². The maximum Gasteiger partial charge on any atom is 0.131 e. The lowest BCUT2D eigenvalue weighted by atomic mass is 9.97. The minimum atomic E-state index is 0.328. The molecule has 3 nitrogen and oxygen atoms in total. The molecular formula is C13H25NO2. The molecule has 0 saturated carbocycles. The van der Waals surface area contributed by atoms with Gasteiger partial charge in [0.25, 0.3) is 0 Å². The molecule has 1 atom stereocenters. The van der Waals surface area contributed by atoms with Crippen molar-refractivity contribution in [2.75, 3.05) is 26.8 Å². The summed E-state index contributed by atoms with van der Waals surface area (Å²) in [7, 11) is 1.75. The lowest BCUT2D eigenvalue weighted by Gasteiger charge is -2.35. The lowest BCUT2D eigenvalue weighted by molar-refractivity contribution is -0.118. The van der Waals surface area contributed by atoms with Crippen LogP contribution in [0.4, 0.5) is 0 Å². The molecule has 0 aliphatic carbocycles. The van der Waals surface area contributed by atoms with E-state index in [9.17, 15) is 4.79 Å². The summed E-state index contributed by atoms with van der Waals surface area (Å²) in [6.07, 6.45) is 6.82. The van der Waals surface area contributed by atoms with Crippen molar-refractivity contribution in [1.82, 2.24) is 4.90 Å². The van der Waals surface area contributed by atoms with Gasteiger partial charge in [-0.2, -0.15) is 0 Å². The van der Waals surface area contributed by atoms with Crippen LogP contribution in [0.3, 0.4) is 0 Å². The molecule has 1 aliphatic heterocycles. The molecule has 0 aromatic carbocycles. The number of likely N-dealkylation sites (tertiary alicyclic amines) is 1. The number of carbonyl (C=O) groups excluding carboxylic acids is 1. The van der Waals surface area contributed by atoms with Gasteiger partial charge in [-0.15, -0.1) is 0 Å².